The van der Waals surface area contributed by atoms with Crippen LogP contribution in [0.5, 0.6) is 0 Å². The fraction of sp³-hybridized carbons (Fsp3) is 0.485. The van der Waals surface area contributed by atoms with E-state index in [0.717, 1.165) is 43.2 Å². The van der Waals surface area contributed by atoms with Gasteiger partial charge in [-0.15, -0.1) is 0 Å². The van der Waals surface area contributed by atoms with Gasteiger partial charge in [-0.25, -0.2) is 4.79 Å². The first-order chi connectivity index (χ1) is 21.8. The molecule has 0 bridgehead atoms. The number of benzene rings is 2. The zero-order valence-electron chi connectivity index (χ0n) is 25.7. The second-order valence-electron chi connectivity index (χ2n) is 12.0. The lowest BCUT2D eigenvalue weighted by Crippen LogP contribution is -2.59. The number of rotatable bonds is 8. The van der Waals surface area contributed by atoms with Crippen molar-refractivity contribution >= 4 is 29.7 Å². The lowest BCUT2D eigenvalue weighted by Gasteiger charge is -2.34. The summed E-state index contributed by atoms with van der Waals surface area (Å²) < 4.78 is 37.0. The number of imide groups is 1. The lowest BCUT2D eigenvalue weighted by atomic mass is 9.76. The number of carbonyl (C=O) groups is 5. The highest BCUT2D eigenvalue weighted by Gasteiger charge is 2.68. The number of likely N-dealkylation sites (tertiary alicyclic amines) is 1. The molecule has 0 aromatic heterocycles. The first-order valence-corrected chi connectivity index (χ1v) is 15.1. The average molecular weight is 646 g/mol. The fourth-order valence-corrected chi connectivity index (χ4v) is 6.83. The van der Waals surface area contributed by atoms with Crippen LogP contribution in [0.4, 0.5) is 13.2 Å². The highest BCUT2D eigenvalue weighted by molar-refractivity contribution is 6.09. The van der Waals surface area contributed by atoms with Gasteiger partial charge in [-0.3, -0.25) is 29.4 Å². The molecule has 3 amide bonds. The van der Waals surface area contributed by atoms with Crippen LogP contribution in [0, 0.1) is 17.8 Å². The summed E-state index contributed by atoms with van der Waals surface area (Å²) in [6, 6.07) is 18.2. The second-order valence-corrected chi connectivity index (χ2v) is 12.0. The maximum atomic E-state index is 14.0. The first kappa shape index (κ1) is 34.6. The van der Waals surface area contributed by atoms with E-state index in [0.29, 0.717) is 0 Å². The molecule has 2 aliphatic heterocycles. The smallest absolute Gasteiger partial charge is 0.475 e. The summed E-state index contributed by atoms with van der Waals surface area (Å²) in [7, 11) is 3.06. The van der Waals surface area contributed by atoms with Crippen LogP contribution in [-0.2, 0) is 41.7 Å². The van der Waals surface area contributed by atoms with E-state index in [2.05, 4.69) is 5.32 Å². The quantitative estimate of drug-likeness (QED) is 0.329. The molecule has 0 spiro atoms. The van der Waals surface area contributed by atoms with Crippen LogP contribution >= 0.6 is 0 Å². The predicted molar refractivity (Wildman–Crippen MR) is 159 cm³/mol. The predicted octanol–water partition coefficient (Wildman–Crippen LogP) is 3.59. The molecule has 2 saturated heterocycles. The molecule has 46 heavy (non-hydrogen) atoms. The Morgan fingerprint density at radius 3 is 2.02 bits per heavy atom. The summed E-state index contributed by atoms with van der Waals surface area (Å²) in [5, 5.41) is 10.5. The molecule has 0 unspecified atom stereocenters. The third-order valence-electron chi connectivity index (χ3n) is 8.95. The van der Waals surface area contributed by atoms with Crippen molar-refractivity contribution in [3.8, 4) is 0 Å². The molecule has 2 aromatic carbocycles. The first-order valence-electron chi connectivity index (χ1n) is 15.1. The number of alkyl halides is 3. The number of amides is 3. The molecule has 13 heteroatoms. The summed E-state index contributed by atoms with van der Waals surface area (Å²) in [5.41, 5.74) is 0.251. The third-order valence-corrected chi connectivity index (χ3v) is 8.95. The number of esters is 1. The molecule has 4 atom stereocenters. The van der Waals surface area contributed by atoms with E-state index in [1.165, 1.54) is 12.0 Å². The number of hydrogen-bond donors (Lipinski definition) is 2. The summed E-state index contributed by atoms with van der Waals surface area (Å²) in [4.78, 5) is 66.7. The molecule has 2 N–H and O–H groups in total. The Hall–Kier alpha value is -4.26. The Kier molecular flexibility index (Phi) is 10.9. The van der Waals surface area contributed by atoms with Gasteiger partial charge in [0.15, 0.2) is 0 Å². The van der Waals surface area contributed by atoms with Gasteiger partial charge < -0.3 is 14.7 Å². The van der Waals surface area contributed by atoms with Crippen LogP contribution in [-0.4, -0.2) is 83.0 Å². The van der Waals surface area contributed by atoms with Crippen molar-refractivity contribution in [1.82, 2.24) is 15.1 Å². The molecule has 2 aromatic rings. The SMILES string of the molecule is COC(=O)[C@]1(Cc2ccccc2)N[C@H](CN(C)C(=O)C2CCCCC2)[C@@H]2C(=O)N(Cc3ccccc3)C(=O)[C@@H]21.O=C(O)C(F)(F)F. The maximum Gasteiger partial charge on any atom is 0.490 e. The van der Waals surface area contributed by atoms with E-state index in [1.807, 2.05) is 60.7 Å². The van der Waals surface area contributed by atoms with E-state index >= 15 is 0 Å². The highest BCUT2D eigenvalue weighted by Crippen LogP contribution is 2.46. The number of ether oxygens (including phenoxy) is 1. The third kappa shape index (κ3) is 7.41. The minimum Gasteiger partial charge on any atom is -0.475 e. The van der Waals surface area contributed by atoms with E-state index < -0.39 is 41.5 Å². The van der Waals surface area contributed by atoms with E-state index in [4.69, 9.17) is 14.6 Å². The lowest BCUT2D eigenvalue weighted by molar-refractivity contribution is -0.192. The highest BCUT2D eigenvalue weighted by atomic mass is 19.4. The van der Waals surface area contributed by atoms with Crippen LogP contribution in [0.1, 0.15) is 43.2 Å². The van der Waals surface area contributed by atoms with Crippen molar-refractivity contribution < 1.29 is 47.0 Å². The molecule has 3 aliphatic rings. The van der Waals surface area contributed by atoms with Crippen LogP contribution in [0.2, 0.25) is 0 Å². The van der Waals surface area contributed by atoms with Crippen molar-refractivity contribution in [3.05, 3.63) is 71.8 Å². The van der Waals surface area contributed by atoms with Crippen molar-refractivity contribution in [2.45, 2.75) is 62.8 Å². The minimum atomic E-state index is -5.08. The number of hydrogen-bond acceptors (Lipinski definition) is 7. The standard InChI is InChI=1S/C31H37N3O5.C2HF3O2/c1-33(27(35)23-16-10-5-11-17-23)20-24-25-26(29(37)34(28(25)36)19-22-14-8-4-9-15-22)31(32-24,30(38)39-2)18-21-12-6-3-7-13-21;3-2(4,5)1(6)7/h3-4,6-9,12-15,23-26,32H,5,10-11,16-20H2,1-2H3;(H,6,7)/t24-,25+,26-,31-;/m1./s1. The summed E-state index contributed by atoms with van der Waals surface area (Å²) >= 11 is 0. The number of carboxylic acid groups (broad SMARTS) is 1. The van der Waals surface area contributed by atoms with Gasteiger partial charge >= 0.3 is 18.1 Å². The molecule has 1 saturated carbocycles. The van der Waals surface area contributed by atoms with E-state index in [-0.39, 0.29) is 43.1 Å². The Balaban J connectivity index is 0.000000617. The van der Waals surface area contributed by atoms with Gasteiger partial charge in [0.2, 0.25) is 17.7 Å². The van der Waals surface area contributed by atoms with Gasteiger partial charge in [-0.1, -0.05) is 79.9 Å². The van der Waals surface area contributed by atoms with Gasteiger partial charge in [-0.05, 0) is 24.0 Å². The Labute approximate surface area is 264 Å². The molecule has 1 aliphatic carbocycles. The van der Waals surface area contributed by atoms with Crippen LogP contribution in [0.25, 0.3) is 0 Å². The number of halogens is 3. The number of carboxylic acids is 1. The van der Waals surface area contributed by atoms with Gasteiger partial charge in [0, 0.05) is 32.0 Å². The Morgan fingerprint density at radius 1 is 0.957 bits per heavy atom. The number of carbonyl (C=O) groups excluding carboxylic acids is 4. The molecule has 0 radical (unpaired) electrons. The number of fused-ring (bicyclic) bond motifs is 1. The number of aliphatic carboxylic acids is 1. The largest absolute Gasteiger partial charge is 0.490 e. The van der Waals surface area contributed by atoms with Crippen LogP contribution in [0.3, 0.4) is 0 Å². The minimum absolute atomic E-state index is 0.0221. The zero-order chi connectivity index (χ0) is 33.6. The summed E-state index contributed by atoms with van der Waals surface area (Å²) in [6.45, 7) is 0.361. The van der Waals surface area contributed by atoms with Crippen molar-refractivity contribution in [1.29, 1.82) is 0 Å². The van der Waals surface area contributed by atoms with Gasteiger partial charge in [0.05, 0.1) is 25.5 Å². The number of nitrogens with one attached hydrogen (secondary N) is 1. The Bertz CT molecular complexity index is 1420. The average Bonchev–Trinajstić information content (AvgIpc) is 3.50. The second kappa shape index (κ2) is 14.4. The molecule has 10 nitrogen and oxygen atoms in total. The fourth-order valence-electron chi connectivity index (χ4n) is 6.83. The topological polar surface area (TPSA) is 133 Å². The summed E-state index contributed by atoms with van der Waals surface area (Å²) in [6.07, 6.45) is 0.0830. The zero-order valence-corrected chi connectivity index (χ0v) is 25.7. The maximum absolute atomic E-state index is 14.0. The van der Waals surface area contributed by atoms with E-state index in [1.54, 1.807) is 11.9 Å². The van der Waals surface area contributed by atoms with Gasteiger partial charge in [0.25, 0.3) is 0 Å². The molecule has 3 fully saturated rings. The summed E-state index contributed by atoms with van der Waals surface area (Å²) in [5.74, 6) is -5.72. The number of nitrogens with zero attached hydrogens (tertiary/aromatic N) is 2. The Morgan fingerprint density at radius 2 is 1.50 bits per heavy atom. The van der Waals surface area contributed by atoms with Gasteiger partial charge in [0.1, 0.15) is 5.54 Å². The van der Waals surface area contributed by atoms with Crippen LogP contribution < -0.4 is 5.32 Å². The van der Waals surface area contributed by atoms with E-state index in [9.17, 15) is 32.3 Å². The van der Waals surface area contributed by atoms with Crippen LogP contribution in [0.15, 0.2) is 60.7 Å². The number of likely N-dealkylation sites (N-methyl/N-ethyl adjacent to an activating group) is 1. The molecule has 248 valence electrons. The molecular weight excluding hydrogens is 607 g/mol. The van der Waals surface area contributed by atoms with Crippen molar-refractivity contribution in [2.24, 2.45) is 17.8 Å². The normalized spacial score (nSPS) is 24.5. The van der Waals surface area contributed by atoms with Gasteiger partial charge in [-0.2, -0.15) is 13.2 Å². The number of methoxy groups -OCH3 is 1. The van der Waals surface area contributed by atoms with Crippen molar-refractivity contribution in [2.75, 3.05) is 20.7 Å². The molecular formula is C33H38F3N3O7. The molecule has 2 heterocycles. The van der Waals surface area contributed by atoms with Crippen molar-refractivity contribution in [3.63, 3.8) is 0 Å². The molecule has 5 rings (SSSR count). The monoisotopic (exact) mass is 645 g/mol.